The van der Waals surface area contributed by atoms with E-state index in [-0.39, 0.29) is 11.8 Å². The van der Waals surface area contributed by atoms with E-state index >= 15 is 0 Å². The Morgan fingerprint density at radius 3 is 2.66 bits per heavy atom. The normalized spacial score (nSPS) is 14.3. The van der Waals surface area contributed by atoms with Crippen LogP contribution in [0.2, 0.25) is 0 Å². The Balaban J connectivity index is 1.86. The Kier molecular flexibility index (Phi) is 7.25. The highest BCUT2D eigenvalue weighted by atomic mass is 16.2. The lowest BCUT2D eigenvalue weighted by Gasteiger charge is -2.28. The minimum atomic E-state index is -0.0514. The molecule has 0 spiro atoms. The fraction of sp³-hybridized carbons (Fsp3) is 0.417. The van der Waals surface area contributed by atoms with Crippen LogP contribution in [0, 0.1) is 0 Å². The van der Waals surface area contributed by atoms with Gasteiger partial charge in [-0.3, -0.25) is 9.59 Å². The van der Waals surface area contributed by atoms with Gasteiger partial charge in [-0.05, 0) is 41.2 Å². The zero-order chi connectivity index (χ0) is 23.4. The summed E-state index contributed by atoms with van der Waals surface area (Å²) in [5, 5.41) is 2.48. The Bertz CT molecular complexity index is 1050. The van der Waals surface area contributed by atoms with E-state index in [2.05, 4.69) is 37.0 Å². The maximum atomic E-state index is 12.7. The van der Waals surface area contributed by atoms with E-state index in [1.807, 2.05) is 11.0 Å². The van der Waals surface area contributed by atoms with Crippen LogP contribution >= 0.6 is 0 Å². The van der Waals surface area contributed by atoms with Crippen LogP contribution in [0.25, 0.3) is 16.5 Å². The van der Waals surface area contributed by atoms with E-state index in [1.165, 1.54) is 16.8 Å². The molecule has 0 radical (unpaired) electrons. The van der Waals surface area contributed by atoms with Gasteiger partial charge in [0.25, 0.3) is 5.91 Å². The van der Waals surface area contributed by atoms with E-state index < -0.39 is 0 Å². The number of nitrogens with one attached hydrogen (secondary N) is 1. The third-order valence-corrected chi connectivity index (χ3v) is 5.76. The van der Waals surface area contributed by atoms with E-state index in [9.17, 15) is 9.59 Å². The van der Waals surface area contributed by atoms with Crippen molar-refractivity contribution >= 4 is 28.3 Å². The van der Waals surface area contributed by atoms with Crippen LogP contribution in [0.1, 0.15) is 54.2 Å². The molecule has 1 aliphatic heterocycles. The number of H-pyrrole nitrogens is 1. The molecule has 172 valence electrons. The number of nitrogens with two attached hydrogens (primary N) is 2. The van der Waals surface area contributed by atoms with Crippen molar-refractivity contribution in [3.05, 3.63) is 53.5 Å². The predicted octanol–water partition coefficient (Wildman–Crippen LogP) is 2.60. The molecule has 0 saturated carbocycles. The van der Waals surface area contributed by atoms with Crippen molar-refractivity contribution in [2.45, 2.75) is 32.6 Å². The highest BCUT2D eigenvalue weighted by Gasteiger charge is 2.21. The number of carbonyl (C=O) groups is 2. The second-order valence-electron chi connectivity index (χ2n) is 8.73. The Hall–Kier alpha value is -3.26. The van der Waals surface area contributed by atoms with Gasteiger partial charge >= 0.3 is 0 Å². The molecular formula is C24H34N6O2. The van der Waals surface area contributed by atoms with Crippen LogP contribution in [0.3, 0.4) is 0 Å². The first-order chi connectivity index (χ1) is 15.2. The third kappa shape index (κ3) is 5.13. The number of nitrogens with zero attached hydrogens (tertiary/aromatic N) is 3. The van der Waals surface area contributed by atoms with Crippen molar-refractivity contribution in [1.29, 1.82) is 0 Å². The van der Waals surface area contributed by atoms with Gasteiger partial charge in [0.2, 0.25) is 5.91 Å². The topological polar surface area (TPSA) is 112 Å². The summed E-state index contributed by atoms with van der Waals surface area (Å²) in [6.45, 7) is 5.97. The molecule has 8 heteroatoms. The summed E-state index contributed by atoms with van der Waals surface area (Å²) >= 11 is 0. The molecule has 8 nitrogen and oxygen atoms in total. The van der Waals surface area contributed by atoms with Crippen LogP contribution in [-0.4, -0.2) is 65.3 Å². The molecule has 2 amide bonds. The predicted molar refractivity (Wildman–Crippen MR) is 128 cm³/mol. The Morgan fingerprint density at radius 2 is 2.00 bits per heavy atom. The number of hydrazine groups is 1. The molecule has 0 fully saturated rings. The molecular weight excluding hydrogens is 404 g/mol. The van der Waals surface area contributed by atoms with E-state index in [4.69, 9.17) is 11.6 Å². The molecule has 0 aliphatic carbocycles. The van der Waals surface area contributed by atoms with Gasteiger partial charge in [-0.2, -0.15) is 0 Å². The molecule has 0 unspecified atom stereocenters. The van der Waals surface area contributed by atoms with Gasteiger partial charge in [0, 0.05) is 63.5 Å². The smallest absolute Gasteiger partial charge is 0.269 e. The molecule has 5 N–H and O–H groups in total. The summed E-state index contributed by atoms with van der Waals surface area (Å²) in [7, 11) is 3.49. The average molecular weight is 439 g/mol. The monoisotopic (exact) mass is 438 g/mol. The summed E-state index contributed by atoms with van der Waals surface area (Å²) in [5.41, 5.74) is 10.2. The fourth-order valence-corrected chi connectivity index (χ4v) is 4.02. The highest BCUT2D eigenvalue weighted by Crippen LogP contribution is 2.32. The second kappa shape index (κ2) is 9.91. The van der Waals surface area contributed by atoms with Gasteiger partial charge in [-0.1, -0.05) is 26.0 Å². The maximum absolute atomic E-state index is 12.7. The number of amides is 2. The lowest BCUT2D eigenvalue weighted by atomic mass is 9.92. The number of hydrogen-bond donors (Lipinski definition) is 3. The SMILES string of the molecule is CC(C)c1cc(C2=CCCN(C(=O)CCN(N)/C=C\N)C2)cc2[nH]c(C(=O)N(C)C)cc12. The largest absolute Gasteiger partial charge is 0.403 e. The number of hydrogen-bond acceptors (Lipinski definition) is 5. The lowest BCUT2D eigenvalue weighted by Crippen LogP contribution is -2.38. The summed E-state index contributed by atoms with van der Waals surface area (Å²) < 4.78 is 0. The molecule has 0 bridgehead atoms. The quantitative estimate of drug-likeness (QED) is 0.454. The summed E-state index contributed by atoms with van der Waals surface area (Å²) in [5.74, 6) is 6.09. The first-order valence-corrected chi connectivity index (χ1v) is 11.0. The third-order valence-electron chi connectivity index (χ3n) is 5.76. The summed E-state index contributed by atoms with van der Waals surface area (Å²) in [4.78, 5) is 31.9. The summed E-state index contributed by atoms with van der Waals surface area (Å²) in [6, 6.07) is 6.22. The Morgan fingerprint density at radius 1 is 1.25 bits per heavy atom. The van der Waals surface area contributed by atoms with Crippen LogP contribution in [0.4, 0.5) is 0 Å². The average Bonchev–Trinajstić information content (AvgIpc) is 3.20. The zero-order valence-electron chi connectivity index (χ0n) is 19.4. The molecule has 1 aliphatic rings. The Labute approximate surface area is 189 Å². The van der Waals surface area contributed by atoms with E-state index in [0.717, 1.165) is 28.5 Å². The first kappa shape index (κ1) is 23.4. The molecule has 3 rings (SSSR count). The van der Waals surface area contributed by atoms with Gasteiger partial charge in [0.15, 0.2) is 0 Å². The van der Waals surface area contributed by atoms with Crippen molar-refractivity contribution in [2.24, 2.45) is 11.6 Å². The van der Waals surface area contributed by atoms with Crippen LogP contribution in [-0.2, 0) is 4.79 Å². The molecule has 0 atom stereocenters. The van der Waals surface area contributed by atoms with E-state index in [1.54, 1.807) is 25.2 Å². The number of benzene rings is 1. The van der Waals surface area contributed by atoms with Crippen molar-refractivity contribution in [2.75, 3.05) is 33.7 Å². The minimum absolute atomic E-state index is 0.0514. The molecule has 1 aromatic heterocycles. The number of carbonyl (C=O) groups excluding carboxylic acids is 2. The first-order valence-electron chi connectivity index (χ1n) is 11.0. The molecule has 0 saturated heterocycles. The van der Waals surface area contributed by atoms with Gasteiger partial charge in [-0.15, -0.1) is 0 Å². The number of aromatic amines is 1. The standard InChI is InChI=1S/C24H34N6O2/c1-16(2)19-12-18(13-21-20(19)14-22(27-21)24(32)28(3)4)17-6-5-9-29(15-17)23(31)7-10-30(26)11-8-25/h6,8,11-14,16,27H,5,7,9-10,15,25-26H2,1-4H3/b11-8-. The van der Waals surface area contributed by atoms with Crippen LogP contribution in [0.5, 0.6) is 0 Å². The van der Waals surface area contributed by atoms with Crippen molar-refractivity contribution < 1.29 is 9.59 Å². The number of aromatic nitrogens is 1. The van der Waals surface area contributed by atoms with E-state index in [0.29, 0.717) is 37.7 Å². The van der Waals surface area contributed by atoms with Gasteiger partial charge in [-0.25, -0.2) is 5.84 Å². The van der Waals surface area contributed by atoms with Crippen LogP contribution < -0.4 is 11.6 Å². The highest BCUT2D eigenvalue weighted by molar-refractivity contribution is 5.99. The fourth-order valence-electron chi connectivity index (χ4n) is 4.02. The van der Waals surface area contributed by atoms with Crippen LogP contribution in [0.15, 0.2) is 36.7 Å². The molecule has 1 aromatic carbocycles. The van der Waals surface area contributed by atoms with Gasteiger partial charge < -0.3 is 25.5 Å². The molecule has 2 heterocycles. The number of rotatable bonds is 7. The molecule has 32 heavy (non-hydrogen) atoms. The molecule has 2 aromatic rings. The maximum Gasteiger partial charge on any atom is 0.269 e. The van der Waals surface area contributed by atoms with Crippen molar-refractivity contribution in [3.63, 3.8) is 0 Å². The van der Waals surface area contributed by atoms with Gasteiger partial charge in [0.1, 0.15) is 5.69 Å². The van der Waals surface area contributed by atoms with Crippen molar-refractivity contribution in [1.82, 2.24) is 19.8 Å². The second-order valence-corrected chi connectivity index (χ2v) is 8.73. The lowest BCUT2D eigenvalue weighted by molar-refractivity contribution is -0.130. The minimum Gasteiger partial charge on any atom is -0.403 e. The van der Waals surface area contributed by atoms with Crippen molar-refractivity contribution in [3.8, 4) is 0 Å². The zero-order valence-corrected chi connectivity index (χ0v) is 19.4. The summed E-state index contributed by atoms with van der Waals surface area (Å²) in [6.07, 6.45) is 6.24. The number of fused-ring (bicyclic) bond motifs is 1. The van der Waals surface area contributed by atoms with Gasteiger partial charge in [0.05, 0.1) is 0 Å².